The van der Waals surface area contributed by atoms with Crippen LogP contribution in [0.1, 0.15) is 36.2 Å². The van der Waals surface area contributed by atoms with Crippen LogP contribution in [0.15, 0.2) is 30.5 Å². The van der Waals surface area contributed by atoms with E-state index in [4.69, 9.17) is 4.74 Å². The Kier molecular flexibility index (Phi) is 4.61. The molecule has 4 rings (SSSR count). The van der Waals surface area contributed by atoms with Crippen molar-refractivity contribution in [2.24, 2.45) is 0 Å². The van der Waals surface area contributed by atoms with E-state index in [9.17, 15) is 9.50 Å². The number of halogens is 1. The largest absolute Gasteiger partial charge is 0.505 e. The quantitative estimate of drug-likeness (QED) is 0.735. The zero-order valence-electron chi connectivity index (χ0n) is 15.6. The zero-order chi connectivity index (χ0) is 19.2. The van der Waals surface area contributed by atoms with E-state index in [1.165, 1.54) is 17.4 Å². The summed E-state index contributed by atoms with van der Waals surface area (Å²) in [5, 5.41) is 11.9. The minimum absolute atomic E-state index is 0.0937. The Morgan fingerprint density at radius 3 is 2.89 bits per heavy atom. The summed E-state index contributed by atoms with van der Waals surface area (Å²) in [6.07, 6.45) is 1.58. The van der Waals surface area contributed by atoms with Crippen molar-refractivity contribution in [2.45, 2.75) is 32.4 Å². The van der Waals surface area contributed by atoms with Crippen molar-refractivity contribution in [3.63, 3.8) is 0 Å². The van der Waals surface area contributed by atoms with E-state index < -0.39 is 6.04 Å². The molecule has 1 aliphatic heterocycles. The molecule has 5 nitrogen and oxygen atoms in total. The molecule has 1 saturated heterocycles. The van der Waals surface area contributed by atoms with Gasteiger partial charge in [0.15, 0.2) is 0 Å². The van der Waals surface area contributed by atoms with E-state index in [0.29, 0.717) is 36.5 Å². The lowest BCUT2D eigenvalue weighted by Crippen LogP contribution is -2.50. The minimum atomic E-state index is -0.513. The van der Waals surface area contributed by atoms with Gasteiger partial charge in [0, 0.05) is 24.8 Å². The van der Waals surface area contributed by atoms with Gasteiger partial charge in [0.05, 0.1) is 33.7 Å². The highest BCUT2D eigenvalue weighted by Gasteiger charge is 2.36. The van der Waals surface area contributed by atoms with E-state index in [0.717, 1.165) is 9.71 Å². The normalized spacial score (nSPS) is 18.7. The Balaban J connectivity index is 1.88. The number of rotatable bonds is 3. The van der Waals surface area contributed by atoms with Crippen LogP contribution in [0.3, 0.4) is 0 Å². The van der Waals surface area contributed by atoms with Crippen LogP contribution in [0.2, 0.25) is 0 Å². The molecule has 142 valence electrons. The fourth-order valence-electron chi connectivity index (χ4n) is 3.72. The van der Waals surface area contributed by atoms with Crippen molar-refractivity contribution >= 4 is 21.6 Å². The maximum atomic E-state index is 14.7. The number of phenolic OH excluding ortho intramolecular Hbond substituents is 1. The third-order valence-electron chi connectivity index (χ3n) is 4.83. The van der Waals surface area contributed by atoms with E-state index in [1.807, 2.05) is 32.9 Å². The highest BCUT2D eigenvalue weighted by atomic mass is 32.1. The van der Waals surface area contributed by atoms with Gasteiger partial charge in [-0.25, -0.2) is 9.37 Å². The van der Waals surface area contributed by atoms with Gasteiger partial charge in [0.2, 0.25) is 0 Å². The maximum absolute atomic E-state index is 14.7. The van der Waals surface area contributed by atoms with Crippen LogP contribution in [0, 0.1) is 12.7 Å². The SMILES string of the molecule is Cc1nc2c(O)c(C(c3ncccc3F)N3CCOC(C)(C)C3)ccc2s1. The smallest absolute Gasteiger partial charge is 0.147 e. The number of hydrogen-bond donors (Lipinski definition) is 1. The van der Waals surface area contributed by atoms with Crippen LogP contribution in [0.4, 0.5) is 4.39 Å². The van der Waals surface area contributed by atoms with Gasteiger partial charge in [-0.05, 0) is 39.0 Å². The fourth-order valence-corrected chi connectivity index (χ4v) is 4.55. The van der Waals surface area contributed by atoms with Gasteiger partial charge in [-0.3, -0.25) is 9.88 Å². The number of aryl methyl sites for hydroxylation is 1. The summed E-state index contributed by atoms with van der Waals surface area (Å²) in [5.74, 6) is -0.294. The number of benzene rings is 1. The van der Waals surface area contributed by atoms with E-state index in [1.54, 1.807) is 12.3 Å². The van der Waals surface area contributed by atoms with Crippen LogP contribution in [-0.2, 0) is 4.74 Å². The Morgan fingerprint density at radius 2 is 2.15 bits per heavy atom. The summed E-state index contributed by atoms with van der Waals surface area (Å²) in [7, 11) is 0. The summed E-state index contributed by atoms with van der Waals surface area (Å²) < 4.78 is 21.4. The first-order valence-electron chi connectivity index (χ1n) is 8.93. The predicted molar refractivity (Wildman–Crippen MR) is 104 cm³/mol. The van der Waals surface area contributed by atoms with Crippen LogP contribution < -0.4 is 0 Å². The van der Waals surface area contributed by atoms with Crippen LogP contribution in [-0.4, -0.2) is 45.3 Å². The standard InChI is InChI=1S/C20H22FN3O2S/c1-12-23-17-15(27-12)7-6-13(19(17)25)18(16-14(21)5-4-8-22-16)24-9-10-26-20(2,3)11-24/h4-8,18,25H,9-11H2,1-3H3. The second-order valence-corrected chi connectivity index (χ2v) is 8.67. The molecule has 0 bridgehead atoms. The van der Waals surface area contributed by atoms with Crippen molar-refractivity contribution in [3.05, 3.63) is 52.5 Å². The van der Waals surface area contributed by atoms with Crippen molar-refractivity contribution in [2.75, 3.05) is 19.7 Å². The van der Waals surface area contributed by atoms with Crippen molar-refractivity contribution in [3.8, 4) is 5.75 Å². The third-order valence-corrected chi connectivity index (χ3v) is 5.77. The minimum Gasteiger partial charge on any atom is -0.505 e. The topological polar surface area (TPSA) is 58.5 Å². The number of aromatic nitrogens is 2. The molecule has 3 heterocycles. The average molecular weight is 387 g/mol. The van der Waals surface area contributed by atoms with Gasteiger partial charge in [-0.15, -0.1) is 11.3 Å². The Bertz CT molecular complexity index is 989. The lowest BCUT2D eigenvalue weighted by molar-refractivity contribution is -0.0944. The number of thiazole rings is 1. The highest BCUT2D eigenvalue weighted by molar-refractivity contribution is 7.18. The molecule has 27 heavy (non-hydrogen) atoms. The summed E-state index contributed by atoms with van der Waals surface area (Å²) in [6, 6.07) is 6.27. The number of phenols is 1. The highest BCUT2D eigenvalue weighted by Crippen LogP contribution is 2.41. The predicted octanol–water partition coefficient (Wildman–Crippen LogP) is 4.04. The van der Waals surface area contributed by atoms with Crippen molar-refractivity contribution in [1.82, 2.24) is 14.9 Å². The van der Waals surface area contributed by atoms with Gasteiger partial charge in [-0.2, -0.15) is 0 Å². The molecule has 1 N–H and O–H groups in total. The molecule has 3 aromatic rings. The molecule has 0 radical (unpaired) electrons. The van der Waals surface area contributed by atoms with Crippen molar-refractivity contribution < 1.29 is 14.2 Å². The van der Waals surface area contributed by atoms with Crippen LogP contribution in [0.5, 0.6) is 5.75 Å². The molecule has 0 saturated carbocycles. The van der Waals surface area contributed by atoms with Gasteiger partial charge in [0.1, 0.15) is 17.1 Å². The molecule has 0 spiro atoms. The first-order chi connectivity index (χ1) is 12.9. The van der Waals surface area contributed by atoms with Gasteiger partial charge < -0.3 is 9.84 Å². The number of nitrogens with zero attached hydrogens (tertiary/aromatic N) is 3. The number of pyridine rings is 1. The molecule has 1 fully saturated rings. The third kappa shape index (κ3) is 3.42. The monoisotopic (exact) mass is 387 g/mol. The average Bonchev–Trinajstić information content (AvgIpc) is 2.99. The Hall–Kier alpha value is -2.09. The number of ether oxygens (including phenoxy) is 1. The summed E-state index contributed by atoms with van der Waals surface area (Å²) in [5.41, 5.74) is 1.11. The summed E-state index contributed by atoms with van der Waals surface area (Å²) >= 11 is 1.53. The van der Waals surface area contributed by atoms with E-state index in [-0.39, 0.29) is 17.2 Å². The number of aromatic hydroxyl groups is 1. The first-order valence-corrected chi connectivity index (χ1v) is 9.75. The van der Waals surface area contributed by atoms with Crippen LogP contribution in [0.25, 0.3) is 10.2 Å². The lowest BCUT2D eigenvalue weighted by atomic mass is 9.96. The second-order valence-electron chi connectivity index (χ2n) is 7.43. The van der Waals surface area contributed by atoms with Gasteiger partial charge in [0.25, 0.3) is 0 Å². The number of hydrogen-bond acceptors (Lipinski definition) is 6. The Morgan fingerprint density at radius 1 is 1.33 bits per heavy atom. The lowest BCUT2D eigenvalue weighted by Gasteiger charge is -2.42. The first kappa shape index (κ1) is 18.3. The Labute approximate surface area is 161 Å². The zero-order valence-corrected chi connectivity index (χ0v) is 16.4. The molecular formula is C20H22FN3O2S. The maximum Gasteiger partial charge on any atom is 0.147 e. The molecule has 2 aromatic heterocycles. The molecule has 1 atom stereocenters. The molecule has 1 aliphatic rings. The fraction of sp³-hybridized carbons (Fsp3) is 0.400. The summed E-state index contributed by atoms with van der Waals surface area (Å²) in [4.78, 5) is 10.9. The molecular weight excluding hydrogens is 365 g/mol. The molecule has 0 amide bonds. The van der Waals surface area contributed by atoms with Gasteiger partial charge >= 0.3 is 0 Å². The summed E-state index contributed by atoms with van der Waals surface area (Å²) in [6.45, 7) is 7.69. The van der Waals surface area contributed by atoms with E-state index >= 15 is 0 Å². The van der Waals surface area contributed by atoms with Crippen LogP contribution >= 0.6 is 11.3 Å². The second kappa shape index (κ2) is 6.82. The number of morpholine rings is 1. The molecule has 1 aromatic carbocycles. The molecule has 7 heteroatoms. The van der Waals surface area contributed by atoms with Gasteiger partial charge in [-0.1, -0.05) is 6.07 Å². The molecule has 1 unspecified atom stereocenters. The van der Waals surface area contributed by atoms with E-state index in [2.05, 4.69) is 14.9 Å². The molecule has 0 aliphatic carbocycles. The van der Waals surface area contributed by atoms with Crippen molar-refractivity contribution in [1.29, 1.82) is 0 Å². The number of fused-ring (bicyclic) bond motifs is 1.